The molecule has 1 aromatic carbocycles. The number of anilines is 4. The van der Waals surface area contributed by atoms with Crippen LogP contribution in [0.3, 0.4) is 0 Å². The van der Waals surface area contributed by atoms with Gasteiger partial charge in [-0.3, -0.25) is 4.79 Å². The van der Waals surface area contributed by atoms with E-state index >= 15 is 0 Å². The molecule has 2 saturated heterocycles. The molecule has 10 nitrogen and oxygen atoms in total. The predicted octanol–water partition coefficient (Wildman–Crippen LogP) is 5.70. The summed E-state index contributed by atoms with van der Waals surface area (Å²) in [4.78, 5) is 38.0. The second kappa shape index (κ2) is 12.0. The maximum Gasteiger partial charge on any atom is 0.437 e. The molecule has 230 valence electrons. The molecule has 0 atom stereocenters. The molecule has 5 rings (SSSR count). The molecule has 0 aliphatic carbocycles. The number of nitrogens with one attached hydrogen (secondary N) is 2. The second-order valence-electron chi connectivity index (χ2n) is 10.0. The summed E-state index contributed by atoms with van der Waals surface area (Å²) in [5.41, 5.74) is -2.56. The number of carbonyl (C=O) groups excluding carboxylic acids is 2. The lowest BCUT2D eigenvalue weighted by atomic mass is 10.1. The van der Waals surface area contributed by atoms with Crippen molar-refractivity contribution < 1.29 is 40.3 Å². The summed E-state index contributed by atoms with van der Waals surface area (Å²) >= 11 is 0. The van der Waals surface area contributed by atoms with Crippen molar-refractivity contribution in [3.8, 4) is 0 Å². The lowest BCUT2D eigenvalue weighted by Crippen LogP contribution is -2.50. The standard InChI is InChI=1S/C27H27F6N7O3/c28-26(29,30)18-6-2-3-7-19(18)36-24(42)39-14-12-38(13-15-39)20-9-8-17(16-34-20)35-23(41)21-22(27(31,32)33)37-25(43-21)40-10-4-1-5-11-40/h2-3,6-9,16H,1,4-5,10-15H2,(H,35,41)(H,36,42). The molecule has 2 aliphatic rings. The topological polar surface area (TPSA) is 107 Å². The summed E-state index contributed by atoms with van der Waals surface area (Å²) in [5.74, 6) is -1.59. The van der Waals surface area contributed by atoms with E-state index in [4.69, 9.17) is 4.42 Å². The van der Waals surface area contributed by atoms with Crippen molar-refractivity contribution in [2.24, 2.45) is 0 Å². The minimum atomic E-state index is -4.90. The summed E-state index contributed by atoms with van der Waals surface area (Å²) in [7, 11) is 0. The highest BCUT2D eigenvalue weighted by Gasteiger charge is 2.42. The van der Waals surface area contributed by atoms with Gasteiger partial charge in [0.25, 0.3) is 11.9 Å². The van der Waals surface area contributed by atoms with Gasteiger partial charge in [-0.25, -0.2) is 9.78 Å². The third-order valence-electron chi connectivity index (χ3n) is 7.09. The molecular weight excluding hydrogens is 584 g/mol. The van der Waals surface area contributed by atoms with E-state index in [2.05, 4.69) is 20.6 Å². The maximum atomic E-state index is 13.6. The first-order valence-electron chi connectivity index (χ1n) is 13.5. The van der Waals surface area contributed by atoms with Crippen LogP contribution in [0.2, 0.25) is 0 Å². The average molecular weight is 612 g/mol. The monoisotopic (exact) mass is 611 g/mol. The second-order valence-corrected chi connectivity index (χ2v) is 10.0. The fraction of sp³-hybridized carbons (Fsp3) is 0.407. The molecule has 3 aromatic rings. The van der Waals surface area contributed by atoms with E-state index in [-0.39, 0.29) is 30.5 Å². The van der Waals surface area contributed by atoms with Crippen LogP contribution >= 0.6 is 0 Å². The number of rotatable bonds is 5. The highest BCUT2D eigenvalue weighted by Crippen LogP contribution is 2.36. The Morgan fingerprint density at radius 2 is 1.49 bits per heavy atom. The van der Waals surface area contributed by atoms with Gasteiger partial charge < -0.3 is 29.8 Å². The lowest BCUT2D eigenvalue weighted by Gasteiger charge is -2.35. The third-order valence-corrected chi connectivity index (χ3v) is 7.09. The summed E-state index contributed by atoms with van der Waals surface area (Å²) in [6.45, 7) is 2.00. The van der Waals surface area contributed by atoms with Crippen LogP contribution in [0.4, 0.5) is 54.3 Å². The van der Waals surface area contributed by atoms with E-state index in [0.717, 1.165) is 25.3 Å². The van der Waals surface area contributed by atoms with E-state index in [1.54, 1.807) is 11.0 Å². The lowest BCUT2D eigenvalue weighted by molar-refractivity contribution is -0.141. The Morgan fingerprint density at radius 1 is 0.791 bits per heavy atom. The zero-order valence-corrected chi connectivity index (χ0v) is 22.6. The van der Waals surface area contributed by atoms with Crippen molar-refractivity contribution in [1.29, 1.82) is 0 Å². The number of para-hydroxylation sites is 1. The van der Waals surface area contributed by atoms with Crippen LogP contribution in [-0.4, -0.2) is 66.1 Å². The van der Waals surface area contributed by atoms with Gasteiger partial charge in [0, 0.05) is 39.3 Å². The number of halogens is 6. The molecule has 0 radical (unpaired) electrons. The molecule has 16 heteroatoms. The number of piperidine rings is 1. The Balaban J connectivity index is 1.19. The third kappa shape index (κ3) is 6.94. The number of alkyl halides is 6. The fourth-order valence-electron chi connectivity index (χ4n) is 4.88. The molecule has 0 spiro atoms. The molecule has 43 heavy (non-hydrogen) atoms. The number of carbonyl (C=O) groups is 2. The normalized spacial score (nSPS) is 16.3. The van der Waals surface area contributed by atoms with Crippen LogP contribution in [0.5, 0.6) is 0 Å². The van der Waals surface area contributed by atoms with E-state index in [1.807, 2.05) is 4.90 Å². The van der Waals surface area contributed by atoms with Gasteiger partial charge in [-0.15, -0.1) is 0 Å². The van der Waals surface area contributed by atoms with E-state index in [0.29, 0.717) is 32.0 Å². The molecule has 0 bridgehead atoms. The highest BCUT2D eigenvalue weighted by molar-refractivity contribution is 6.03. The molecule has 2 fully saturated rings. The minimum Gasteiger partial charge on any atom is -0.417 e. The largest absolute Gasteiger partial charge is 0.437 e. The number of urea groups is 1. The number of hydrogen-bond acceptors (Lipinski definition) is 7. The SMILES string of the molecule is O=C(Nc1ccc(N2CCN(C(=O)Nc3ccccc3C(F)(F)F)CC2)nc1)c1oc(N2CCCCC2)nc1C(F)(F)F. The van der Waals surface area contributed by atoms with Gasteiger partial charge in [0.2, 0.25) is 5.76 Å². The molecule has 2 aromatic heterocycles. The first kappa shape index (κ1) is 30.0. The number of pyridine rings is 1. The van der Waals surface area contributed by atoms with Crippen LogP contribution in [0.15, 0.2) is 47.0 Å². The Hall–Kier alpha value is -4.50. The van der Waals surface area contributed by atoms with E-state index in [9.17, 15) is 35.9 Å². The minimum absolute atomic E-state index is 0.124. The fourth-order valence-corrected chi connectivity index (χ4v) is 4.88. The van der Waals surface area contributed by atoms with Crippen molar-refractivity contribution in [3.63, 3.8) is 0 Å². The quantitative estimate of drug-likeness (QED) is 0.357. The van der Waals surface area contributed by atoms with Crippen LogP contribution in [0, 0.1) is 0 Å². The Kier molecular flexibility index (Phi) is 8.37. The van der Waals surface area contributed by atoms with Crippen molar-refractivity contribution in [3.05, 3.63) is 59.6 Å². The number of nitrogens with zero attached hydrogens (tertiary/aromatic N) is 5. The predicted molar refractivity (Wildman–Crippen MR) is 144 cm³/mol. The summed E-state index contributed by atoms with van der Waals surface area (Å²) in [6.07, 6.45) is -5.73. The molecule has 0 saturated carbocycles. The van der Waals surface area contributed by atoms with E-state index in [1.165, 1.54) is 35.4 Å². The molecule has 0 unspecified atom stereocenters. The Bertz CT molecular complexity index is 1440. The summed E-state index contributed by atoms with van der Waals surface area (Å²) < 4.78 is 85.9. The molecule has 2 aliphatic heterocycles. The van der Waals surface area contributed by atoms with Gasteiger partial charge in [0.1, 0.15) is 5.82 Å². The van der Waals surface area contributed by atoms with Crippen molar-refractivity contribution in [2.75, 3.05) is 59.7 Å². The number of hydrogen-bond donors (Lipinski definition) is 2. The van der Waals surface area contributed by atoms with Gasteiger partial charge in [0.05, 0.1) is 23.1 Å². The zero-order chi connectivity index (χ0) is 30.8. The van der Waals surface area contributed by atoms with Crippen LogP contribution < -0.4 is 20.4 Å². The zero-order valence-electron chi connectivity index (χ0n) is 22.6. The summed E-state index contributed by atoms with van der Waals surface area (Å²) in [6, 6.07) is 6.80. The van der Waals surface area contributed by atoms with Crippen molar-refractivity contribution >= 4 is 35.1 Å². The number of benzene rings is 1. The molecule has 2 N–H and O–H groups in total. The Morgan fingerprint density at radius 3 is 2.12 bits per heavy atom. The molecular formula is C27H27F6N7O3. The summed E-state index contributed by atoms with van der Waals surface area (Å²) in [5, 5.41) is 4.69. The van der Waals surface area contributed by atoms with Crippen LogP contribution in [-0.2, 0) is 12.4 Å². The van der Waals surface area contributed by atoms with Crippen LogP contribution in [0.25, 0.3) is 0 Å². The highest BCUT2D eigenvalue weighted by atomic mass is 19.4. The van der Waals surface area contributed by atoms with Gasteiger partial charge in [-0.2, -0.15) is 31.3 Å². The van der Waals surface area contributed by atoms with Gasteiger partial charge in [0.15, 0.2) is 5.69 Å². The smallest absolute Gasteiger partial charge is 0.417 e. The maximum absolute atomic E-state index is 13.6. The van der Waals surface area contributed by atoms with E-state index < -0.39 is 41.3 Å². The van der Waals surface area contributed by atoms with Gasteiger partial charge in [-0.1, -0.05) is 12.1 Å². The number of aromatic nitrogens is 2. The average Bonchev–Trinajstić information content (AvgIpc) is 3.45. The van der Waals surface area contributed by atoms with Crippen LogP contribution in [0.1, 0.15) is 41.1 Å². The first-order chi connectivity index (χ1) is 20.4. The van der Waals surface area contributed by atoms with Crippen molar-refractivity contribution in [1.82, 2.24) is 14.9 Å². The van der Waals surface area contributed by atoms with Gasteiger partial charge in [-0.05, 0) is 43.5 Å². The molecule has 4 heterocycles. The Labute approximate surface area is 241 Å². The molecule has 3 amide bonds. The number of oxazole rings is 1. The number of piperazine rings is 1. The van der Waals surface area contributed by atoms with Crippen molar-refractivity contribution in [2.45, 2.75) is 31.6 Å². The first-order valence-corrected chi connectivity index (χ1v) is 13.5. The van der Waals surface area contributed by atoms with Gasteiger partial charge >= 0.3 is 18.4 Å². The number of amides is 3.